The van der Waals surface area contributed by atoms with Gasteiger partial charge in [0.1, 0.15) is 0 Å². The number of hydrogen-bond donors (Lipinski definition) is 0. The van der Waals surface area contributed by atoms with Gasteiger partial charge in [0.25, 0.3) is 0 Å². The quantitative estimate of drug-likeness (QED) is 0.698. The standard InChI is InChI=1S/C10H14.C3H9N/c1-3-9-5-7-10(4-2)8-6-9;1-4(2)3/h5-8H,3-4H2,1-2H3;1-3H3. The summed E-state index contributed by atoms with van der Waals surface area (Å²) in [6.45, 7) is 4.36. The first kappa shape index (κ1) is 13.2. The van der Waals surface area contributed by atoms with Gasteiger partial charge in [-0.15, -0.1) is 0 Å². The van der Waals surface area contributed by atoms with Gasteiger partial charge >= 0.3 is 0 Å². The summed E-state index contributed by atoms with van der Waals surface area (Å²) >= 11 is 0. The highest BCUT2D eigenvalue weighted by molar-refractivity contribution is 5.22. The summed E-state index contributed by atoms with van der Waals surface area (Å²) in [6, 6.07) is 8.83. The molecule has 0 N–H and O–H groups in total. The Hall–Kier alpha value is -0.820. The van der Waals surface area contributed by atoms with E-state index < -0.39 is 0 Å². The van der Waals surface area contributed by atoms with Crippen molar-refractivity contribution in [2.45, 2.75) is 26.7 Å². The molecule has 1 aromatic rings. The van der Waals surface area contributed by atoms with Crippen LogP contribution in [-0.4, -0.2) is 26.0 Å². The predicted octanol–water partition coefficient (Wildman–Crippen LogP) is 2.99. The number of benzene rings is 1. The molecule has 80 valence electrons. The summed E-state index contributed by atoms with van der Waals surface area (Å²) < 4.78 is 0. The van der Waals surface area contributed by atoms with Gasteiger partial charge in [-0.1, -0.05) is 38.1 Å². The molecular formula is C13H23N. The Balaban J connectivity index is 0.000000364. The van der Waals surface area contributed by atoms with Crippen LogP contribution in [0, 0.1) is 0 Å². The van der Waals surface area contributed by atoms with E-state index in [1.807, 2.05) is 26.0 Å². The maximum atomic E-state index is 2.21. The third-order valence-corrected chi connectivity index (χ3v) is 1.84. The highest BCUT2D eigenvalue weighted by Gasteiger charge is 1.88. The van der Waals surface area contributed by atoms with Gasteiger partial charge in [0, 0.05) is 0 Å². The molecule has 0 aromatic heterocycles. The van der Waals surface area contributed by atoms with Crippen LogP contribution in [-0.2, 0) is 12.8 Å². The minimum absolute atomic E-state index is 1.14. The predicted molar refractivity (Wildman–Crippen MR) is 64.8 cm³/mol. The van der Waals surface area contributed by atoms with Crippen LogP contribution >= 0.6 is 0 Å². The first-order valence-corrected chi connectivity index (χ1v) is 5.28. The Morgan fingerprint density at radius 1 is 0.786 bits per heavy atom. The van der Waals surface area contributed by atoms with Gasteiger partial charge in [-0.05, 0) is 45.1 Å². The fraction of sp³-hybridized carbons (Fsp3) is 0.538. The summed E-state index contributed by atoms with van der Waals surface area (Å²) in [6.07, 6.45) is 2.29. The SMILES string of the molecule is CCc1ccc(CC)cc1.CN(C)C. The second-order valence-electron chi connectivity index (χ2n) is 3.87. The molecule has 0 unspecified atom stereocenters. The van der Waals surface area contributed by atoms with Crippen LogP contribution in [0.1, 0.15) is 25.0 Å². The molecule has 1 rings (SSSR count). The highest BCUT2D eigenvalue weighted by Crippen LogP contribution is 2.04. The maximum Gasteiger partial charge on any atom is -0.0140 e. The Labute approximate surface area is 88.8 Å². The lowest BCUT2D eigenvalue weighted by molar-refractivity contribution is 0.505. The van der Waals surface area contributed by atoms with E-state index in [2.05, 4.69) is 38.1 Å². The Kier molecular flexibility index (Phi) is 7.13. The van der Waals surface area contributed by atoms with E-state index >= 15 is 0 Å². The van der Waals surface area contributed by atoms with E-state index in [-0.39, 0.29) is 0 Å². The van der Waals surface area contributed by atoms with E-state index in [0.717, 1.165) is 12.8 Å². The van der Waals surface area contributed by atoms with Gasteiger partial charge in [-0.25, -0.2) is 0 Å². The second kappa shape index (κ2) is 7.57. The molecule has 0 atom stereocenters. The number of rotatable bonds is 2. The van der Waals surface area contributed by atoms with Crippen LogP contribution in [0.3, 0.4) is 0 Å². The summed E-state index contributed by atoms with van der Waals surface area (Å²) in [5.74, 6) is 0. The molecule has 0 saturated carbocycles. The lowest BCUT2D eigenvalue weighted by Gasteiger charge is -1.97. The summed E-state index contributed by atoms with van der Waals surface area (Å²) in [5.41, 5.74) is 2.86. The largest absolute Gasteiger partial charge is 0.312 e. The van der Waals surface area contributed by atoms with Crippen molar-refractivity contribution in [2.24, 2.45) is 0 Å². The van der Waals surface area contributed by atoms with Crippen LogP contribution < -0.4 is 0 Å². The second-order valence-corrected chi connectivity index (χ2v) is 3.87. The zero-order valence-electron chi connectivity index (χ0n) is 10.2. The molecule has 0 heterocycles. The van der Waals surface area contributed by atoms with Crippen molar-refractivity contribution in [1.82, 2.24) is 4.90 Å². The van der Waals surface area contributed by atoms with E-state index in [1.54, 1.807) is 0 Å². The summed E-state index contributed by atoms with van der Waals surface area (Å²) in [7, 11) is 6.00. The van der Waals surface area contributed by atoms with Crippen LogP contribution in [0.4, 0.5) is 0 Å². The van der Waals surface area contributed by atoms with Gasteiger partial charge in [0.05, 0.1) is 0 Å². The van der Waals surface area contributed by atoms with Crippen molar-refractivity contribution >= 4 is 0 Å². The molecule has 1 nitrogen and oxygen atoms in total. The summed E-state index contributed by atoms with van der Waals surface area (Å²) in [4.78, 5) is 2.00. The van der Waals surface area contributed by atoms with Crippen LogP contribution in [0.25, 0.3) is 0 Å². The van der Waals surface area contributed by atoms with E-state index in [0.29, 0.717) is 0 Å². The molecule has 0 fully saturated rings. The molecule has 1 heteroatoms. The first-order chi connectivity index (χ1) is 6.60. The molecule has 0 aliphatic heterocycles. The lowest BCUT2D eigenvalue weighted by Crippen LogP contribution is -1.99. The molecule has 0 spiro atoms. The van der Waals surface area contributed by atoms with Crippen LogP contribution in [0.5, 0.6) is 0 Å². The zero-order valence-corrected chi connectivity index (χ0v) is 10.2. The minimum atomic E-state index is 1.14. The van der Waals surface area contributed by atoms with Gasteiger partial charge in [0.2, 0.25) is 0 Å². The van der Waals surface area contributed by atoms with Gasteiger partial charge in [0.15, 0.2) is 0 Å². The molecule has 0 amide bonds. The third kappa shape index (κ3) is 6.67. The topological polar surface area (TPSA) is 3.24 Å². The zero-order chi connectivity index (χ0) is 11.0. The number of aryl methyl sites for hydroxylation is 2. The molecule has 0 aliphatic carbocycles. The molecule has 1 aromatic carbocycles. The fourth-order valence-electron chi connectivity index (χ4n) is 1.01. The van der Waals surface area contributed by atoms with Crippen molar-refractivity contribution in [3.05, 3.63) is 35.4 Å². The first-order valence-electron chi connectivity index (χ1n) is 5.28. The Bertz CT molecular complexity index is 198. The Morgan fingerprint density at radius 2 is 1.00 bits per heavy atom. The normalized spacial score (nSPS) is 9.57. The lowest BCUT2D eigenvalue weighted by atomic mass is 10.1. The van der Waals surface area contributed by atoms with E-state index in [1.165, 1.54) is 11.1 Å². The monoisotopic (exact) mass is 193 g/mol. The van der Waals surface area contributed by atoms with Crippen molar-refractivity contribution in [3.63, 3.8) is 0 Å². The third-order valence-electron chi connectivity index (χ3n) is 1.84. The molecule has 14 heavy (non-hydrogen) atoms. The van der Waals surface area contributed by atoms with Crippen molar-refractivity contribution in [1.29, 1.82) is 0 Å². The van der Waals surface area contributed by atoms with Crippen molar-refractivity contribution < 1.29 is 0 Å². The fourth-order valence-corrected chi connectivity index (χ4v) is 1.01. The van der Waals surface area contributed by atoms with Gasteiger partial charge in [-0.2, -0.15) is 0 Å². The molecule has 0 radical (unpaired) electrons. The Morgan fingerprint density at radius 3 is 1.14 bits per heavy atom. The molecule has 0 aliphatic rings. The minimum Gasteiger partial charge on any atom is -0.312 e. The molecule has 0 saturated heterocycles. The average molecular weight is 193 g/mol. The van der Waals surface area contributed by atoms with E-state index in [4.69, 9.17) is 0 Å². The smallest absolute Gasteiger partial charge is 0.0140 e. The molecular weight excluding hydrogens is 170 g/mol. The molecule has 0 bridgehead atoms. The van der Waals surface area contributed by atoms with Crippen LogP contribution in [0.2, 0.25) is 0 Å². The van der Waals surface area contributed by atoms with Crippen molar-refractivity contribution in [2.75, 3.05) is 21.1 Å². The number of hydrogen-bond acceptors (Lipinski definition) is 1. The van der Waals surface area contributed by atoms with Gasteiger partial charge < -0.3 is 4.90 Å². The van der Waals surface area contributed by atoms with Crippen LogP contribution in [0.15, 0.2) is 24.3 Å². The van der Waals surface area contributed by atoms with Gasteiger partial charge in [-0.3, -0.25) is 0 Å². The van der Waals surface area contributed by atoms with E-state index in [9.17, 15) is 0 Å². The summed E-state index contributed by atoms with van der Waals surface area (Å²) in [5, 5.41) is 0. The maximum absolute atomic E-state index is 2.21. The average Bonchev–Trinajstić information content (AvgIpc) is 2.17. The highest BCUT2D eigenvalue weighted by atomic mass is 15.0. The van der Waals surface area contributed by atoms with Crippen molar-refractivity contribution in [3.8, 4) is 0 Å². The number of nitrogens with zero attached hydrogens (tertiary/aromatic N) is 1.